The average molecular weight is 619 g/mol. The summed E-state index contributed by atoms with van der Waals surface area (Å²) in [5.41, 5.74) is 0.855. The summed E-state index contributed by atoms with van der Waals surface area (Å²) in [6.07, 6.45) is 7.48. The lowest BCUT2D eigenvalue weighted by Gasteiger charge is -2.44. The fourth-order valence-corrected chi connectivity index (χ4v) is 6.87. The number of amides is 1. The molecule has 6 nitrogen and oxygen atoms in total. The first-order chi connectivity index (χ1) is 19.3. The van der Waals surface area contributed by atoms with E-state index in [1.54, 1.807) is 24.3 Å². The molecule has 0 aromatic carbocycles. The van der Waals surface area contributed by atoms with E-state index in [0.29, 0.717) is 6.42 Å². The van der Waals surface area contributed by atoms with Gasteiger partial charge in [0, 0.05) is 16.7 Å². The first-order valence-corrected chi connectivity index (χ1v) is 19.1. The standard InChI is InChI=1S/C34H58N2O4SSi/c1-14-16-17-19-23(3)31(38)25(5)32(39)34(10,11)29(40-42(12,13)33(7,8)9)21-30(37)36-28(18-15-2)24(4)20-27-22-41-26(6)35-27/h14-15,20,22-23,25,28-29,31,38H,1-2,16-19,21H2,3-13H3,(H,36,37)/t23-,25+,28-,29-,31-/m0/s1. The zero-order chi connectivity index (χ0) is 32.5. The van der Waals surface area contributed by atoms with E-state index in [0.717, 1.165) is 35.5 Å². The number of thiazole rings is 1. The van der Waals surface area contributed by atoms with Crippen LogP contribution in [-0.4, -0.2) is 48.3 Å². The first kappa shape index (κ1) is 38.2. The quantitative estimate of drug-likeness (QED) is 0.0982. The molecule has 5 atom stereocenters. The Balaban J connectivity index is 3.28. The highest BCUT2D eigenvalue weighted by molar-refractivity contribution is 7.09. The molecule has 8 heteroatoms. The molecule has 0 aliphatic rings. The van der Waals surface area contributed by atoms with E-state index in [2.05, 4.69) is 57.3 Å². The summed E-state index contributed by atoms with van der Waals surface area (Å²) in [6, 6.07) is -0.249. The summed E-state index contributed by atoms with van der Waals surface area (Å²) in [7, 11) is -2.36. The number of aryl methyl sites for hydroxylation is 1. The van der Waals surface area contributed by atoms with Crippen LogP contribution < -0.4 is 5.32 Å². The number of rotatable bonds is 18. The van der Waals surface area contributed by atoms with Gasteiger partial charge in [0.2, 0.25) is 5.91 Å². The third-order valence-electron chi connectivity index (χ3n) is 8.93. The van der Waals surface area contributed by atoms with Crippen molar-refractivity contribution in [1.82, 2.24) is 10.3 Å². The zero-order valence-corrected chi connectivity index (χ0v) is 30.0. The van der Waals surface area contributed by atoms with Gasteiger partial charge in [-0.15, -0.1) is 24.5 Å². The van der Waals surface area contributed by atoms with Crippen molar-refractivity contribution < 1.29 is 19.1 Å². The average Bonchev–Trinajstić information content (AvgIpc) is 3.29. The molecule has 1 amide bonds. The van der Waals surface area contributed by atoms with Gasteiger partial charge in [0.25, 0.3) is 0 Å². The van der Waals surface area contributed by atoms with Crippen molar-refractivity contribution in [3.63, 3.8) is 0 Å². The molecule has 0 radical (unpaired) electrons. The Bertz CT molecular complexity index is 1090. The number of allylic oxidation sites excluding steroid dienone is 1. The molecule has 2 N–H and O–H groups in total. The number of Topliss-reactive ketones (excluding diaryl/α,β-unsaturated/α-hetero) is 1. The molecule has 0 saturated heterocycles. The van der Waals surface area contributed by atoms with Crippen molar-refractivity contribution in [2.75, 3.05) is 0 Å². The number of hydrogen-bond donors (Lipinski definition) is 2. The minimum Gasteiger partial charge on any atom is -0.412 e. The summed E-state index contributed by atoms with van der Waals surface area (Å²) < 4.78 is 6.85. The fourth-order valence-electron chi connectivity index (χ4n) is 4.85. The van der Waals surface area contributed by atoms with Crippen LogP contribution in [0.1, 0.15) is 98.2 Å². The molecule has 1 aromatic rings. The first-order valence-electron chi connectivity index (χ1n) is 15.3. The van der Waals surface area contributed by atoms with Gasteiger partial charge in [-0.3, -0.25) is 9.59 Å². The van der Waals surface area contributed by atoms with Crippen LogP contribution in [0.3, 0.4) is 0 Å². The maximum Gasteiger partial charge on any atom is 0.223 e. The highest BCUT2D eigenvalue weighted by atomic mass is 32.1. The van der Waals surface area contributed by atoms with Crippen LogP contribution in [-0.2, 0) is 14.0 Å². The zero-order valence-electron chi connectivity index (χ0n) is 28.2. The third-order valence-corrected chi connectivity index (χ3v) is 14.2. The topological polar surface area (TPSA) is 88.5 Å². The number of carbonyl (C=O) groups is 2. The fraction of sp³-hybridized carbons (Fsp3) is 0.676. The van der Waals surface area contributed by atoms with Crippen LogP contribution in [0.15, 0.2) is 36.3 Å². The second-order valence-electron chi connectivity index (χ2n) is 14.0. The molecule has 1 heterocycles. The highest BCUT2D eigenvalue weighted by Gasteiger charge is 2.48. The Morgan fingerprint density at radius 1 is 1.17 bits per heavy atom. The number of aliphatic hydroxyl groups excluding tert-OH is 1. The molecule has 0 unspecified atom stereocenters. The van der Waals surface area contributed by atoms with Gasteiger partial charge in [0.1, 0.15) is 5.78 Å². The number of nitrogens with zero attached hydrogens (tertiary/aromatic N) is 1. The molecule has 0 fully saturated rings. The van der Waals surface area contributed by atoms with Crippen molar-refractivity contribution in [3.05, 3.63) is 47.0 Å². The molecule has 0 bridgehead atoms. The predicted molar refractivity (Wildman–Crippen MR) is 181 cm³/mol. The van der Waals surface area contributed by atoms with Gasteiger partial charge in [-0.2, -0.15) is 0 Å². The Hall–Kier alpha value is -1.87. The predicted octanol–water partition coefficient (Wildman–Crippen LogP) is 8.28. The molecular formula is C34H58N2O4SSi. The number of aliphatic hydroxyl groups is 1. The van der Waals surface area contributed by atoms with Gasteiger partial charge in [0.05, 0.1) is 35.4 Å². The van der Waals surface area contributed by atoms with Crippen LogP contribution in [0.4, 0.5) is 0 Å². The molecular weight excluding hydrogens is 561 g/mol. The monoisotopic (exact) mass is 618 g/mol. The van der Waals surface area contributed by atoms with E-state index in [1.807, 2.05) is 52.2 Å². The molecule has 0 saturated carbocycles. The van der Waals surface area contributed by atoms with Crippen molar-refractivity contribution in [2.24, 2.45) is 17.3 Å². The van der Waals surface area contributed by atoms with Gasteiger partial charge in [-0.1, -0.05) is 60.6 Å². The second kappa shape index (κ2) is 16.3. The number of aromatic nitrogens is 1. The van der Waals surface area contributed by atoms with Gasteiger partial charge >= 0.3 is 0 Å². The normalized spacial score (nSPS) is 16.7. The molecule has 1 rings (SSSR count). The van der Waals surface area contributed by atoms with Crippen molar-refractivity contribution in [2.45, 2.75) is 131 Å². The lowest BCUT2D eigenvalue weighted by Crippen LogP contribution is -2.53. The summed E-state index contributed by atoms with van der Waals surface area (Å²) >= 11 is 1.59. The van der Waals surface area contributed by atoms with Crippen molar-refractivity contribution in [3.8, 4) is 0 Å². The number of hydrogen-bond acceptors (Lipinski definition) is 6. The molecule has 0 spiro atoms. The highest BCUT2D eigenvalue weighted by Crippen LogP contribution is 2.42. The molecule has 238 valence electrons. The Labute approximate surface area is 261 Å². The van der Waals surface area contributed by atoms with Crippen LogP contribution in [0.25, 0.3) is 6.08 Å². The Morgan fingerprint density at radius 3 is 2.29 bits per heavy atom. The van der Waals surface area contributed by atoms with Crippen LogP contribution in [0, 0.1) is 24.2 Å². The molecule has 1 aromatic heterocycles. The molecule has 42 heavy (non-hydrogen) atoms. The van der Waals surface area contributed by atoms with Gasteiger partial charge in [-0.05, 0) is 75.2 Å². The van der Waals surface area contributed by atoms with Crippen LogP contribution in [0.5, 0.6) is 0 Å². The number of nitrogens with one attached hydrogen (secondary N) is 1. The molecule has 0 aliphatic carbocycles. The summed E-state index contributed by atoms with van der Waals surface area (Å²) in [6.45, 7) is 29.9. The van der Waals surface area contributed by atoms with Crippen LogP contribution in [0.2, 0.25) is 18.1 Å². The van der Waals surface area contributed by atoms with E-state index >= 15 is 0 Å². The van der Waals surface area contributed by atoms with E-state index < -0.39 is 31.9 Å². The lowest BCUT2D eigenvalue weighted by atomic mass is 9.73. The number of ketones is 1. The maximum atomic E-state index is 14.0. The van der Waals surface area contributed by atoms with Gasteiger partial charge in [0.15, 0.2) is 8.32 Å². The largest absolute Gasteiger partial charge is 0.412 e. The summed E-state index contributed by atoms with van der Waals surface area (Å²) in [5.74, 6) is -0.884. The lowest BCUT2D eigenvalue weighted by molar-refractivity contribution is -0.142. The van der Waals surface area contributed by atoms with E-state index in [-0.39, 0.29) is 35.1 Å². The van der Waals surface area contributed by atoms with Gasteiger partial charge < -0.3 is 14.8 Å². The minimum absolute atomic E-state index is 0.0290. The van der Waals surface area contributed by atoms with Crippen molar-refractivity contribution in [1.29, 1.82) is 0 Å². The molecule has 0 aliphatic heterocycles. The van der Waals surface area contributed by atoms with Crippen molar-refractivity contribution >= 4 is 37.4 Å². The third kappa shape index (κ3) is 11.0. The maximum absolute atomic E-state index is 14.0. The minimum atomic E-state index is -2.36. The van der Waals surface area contributed by atoms with E-state index in [1.165, 1.54) is 0 Å². The van der Waals surface area contributed by atoms with E-state index in [9.17, 15) is 14.7 Å². The summed E-state index contributed by atoms with van der Waals surface area (Å²) in [4.78, 5) is 32.2. The Morgan fingerprint density at radius 2 is 1.79 bits per heavy atom. The summed E-state index contributed by atoms with van der Waals surface area (Å²) in [5, 5.41) is 17.2. The van der Waals surface area contributed by atoms with Gasteiger partial charge in [-0.25, -0.2) is 4.98 Å². The smallest absolute Gasteiger partial charge is 0.223 e. The number of carbonyl (C=O) groups excluding carboxylic acids is 2. The van der Waals surface area contributed by atoms with E-state index in [4.69, 9.17) is 4.43 Å². The Kier molecular flexibility index (Phi) is 14.8. The second-order valence-corrected chi connectivity index (χ2v) is 19.8. The SMILES string of the molecule is C=CCCC[C@H](C)[C@H](O)[C@@H](C)C(=O)C(C)(C)[C@H](CC(=O)N[C@@H](CC=C)C(C)=Cc1csc(C)n1)O[Si](C)(C)C(C)(C)C. The van der Waals surface area contributed by atoms with Crippen LogP contribution >= 0.6 is 11.3 Å². The number of unbranched alkanes of at least 4 members (excludes halogenated alkanes) is 1.